The molecule has 1 aliphatic rings. The van der Waals surface area contributed by atoms with E-state index in [-0.39, 0.29) is 6.10 Å². The summed E-state index contributed by atoms with van der Waals surface area (Å²) in [4.78, 5) is 0. The van der Waals surface area contributed by atoms with Gasteiger partial charge in [0.25, 0.3) is 0 Å². The molecule has 0 aromatic rings. The molecule has 66 valence electrons. The maximum Gasteiger partial charge on any atom is 0.0593 e. The summed E-state index contributed by atoms with van der Waals surface area (Å²) >= 11 is 0. The minimum Gasteiger partial charge on any atom is -0.393 e. The van der Waals surface area contributed by atoms with Crippen molar-refractivity contribution in [2.45, 2.75) is 32.3 Å². The number of hydrazine groups is 1. The second-order valence-corrected chi connectivity index (χ2v) is 3.40. The molecular weight excluding hydrogens is 140 g/mol. The average Bonchev–Trinajstić information content (AvgIpc) is 1.98. The fourth-order valence-electron chi connectivity index (χ4n) is 1.70. The van der Waals surface area contributed by atoms with Gasteiger partial charge in [0.05, 0.1) is 6.10 Å². The van der Waals surface area contributed by atoms with Gasteiger partial charge in [-0.25, -0.2) is 5.01 Å². The van der Waals surface area contributed by atoms with Crippen LogP contribution in [-0.2, 0) is 0 Å². The third-order valence-electron chi connectivity index (χ3n) is 2.38. The highest BCUT2D eigenvalue weighted by Crippen LogP contribution is 2.19. The van der Waals surface area contributed by atoms with Gasteiger partial charge in [-0.1, -0.05) is 13.3 Å². The summed E-state index contributed by atoms with van der Waals surface area (Å²) in [5.74, 6) is 6.04. The predicted octanol–water partition coefficient (Wildman–Crippen LogP) is 0.343. The van der Waals surface area contributed by atoms with Gasteiger partial charge in [0.2, 0.25) is 0 Å². The predicted molar refractivity (Wildman–Crippen MR) is 44.8 cm³/mol. The number of rotatable bonds is 2. The van der Waals surface area contributed by atoms with E-state index in [0.717, 1.165) is 32.4 Å². The Hall–Kier alpha value is -0.120. The SMILES string of the molecule is CCC[C@H]1CN(N)CC[C@@H]1O. The monoisotopic (exact) mass is 158 g/mol. The molecule has 0 aromatic carbocycles. The first-order valence-electron chi connectivity index (χ1n) is 4.41. The number of nitrogens with two attached hydrogens (primary N) is 1. The zero-order valence-corrected chi connectivity index (χ0v) is 7.16. The van der Waals surface area contributed by atoms with Crippen LogP contribution >= 0.6 is 0 Å². The van der Waals surface area contributed by atoms with Crippen LogP contribution in [0.15, 0.2) is 0 Å². The van der Waals surface area contributed by atoms with Gasteiger partial charge in [0.1, 0.15) is 0 Å². The molecule has 0 spiro atoms. The molecule has 1 rings (SSSR count). The fourth-order valence-corrected chi connectivity index (χ4v) is 1.70. The lowest BCUT2D eigenvalue weighted by atomic mass is 9.92. The van der Waals surface area contributed by atoms with E-state index in [1.54, 1.807) is 0 Å². The highest BCUT2D eigenvalue weighted by atomic mass is 16.3. The molecule has 11 heavy (non-hydrogen) atoms. The molecular formula is C8H18N2O. The second kappa shape index (κ2) is 4.04. The van der Waals surface area contributed by atoms with Gasteiger partial charge in [-0.15, -0.1) is 0 Å². The van der Waals surface area contributed by atoms with E-state index in [9.17, 15) is 5.11 Å². The van der Waals surface area contributed by atoms with Crippen molar-refractivity contribution < 1.29 is 5.11 Å². The molecule has 3 nitrogen and oxygen atoms in total. The molecule has 1 saturated heterocycles. The average molecular weight is 158 g/mol. The van der Waals surface area contributed by atoms with E-state index in [1.165, 1.54) is 0 Å². The van der Waals surface area contributed by atoms with Crippen LogP contribution in [0, 0.1) is 5.92 Å². The van der Waals surface area contributed by atoms with Crippen molar-refractivity contribution in [1.29, 1.82) is 0 Å². The zero-order valence-electron chi connectivity index (χ0n) is 7.16. The van der Waals surface area contributed by atoms with Crippen LogP contribution in [0.3, 0.4) is 0 Å². The van der Waals surface area contributed by atoms with Gasteiger partial charge >= 0.3 is 0 Å². The molecule has 0 bridgehead atoms. The van der Waals surface area contributed by atoms with Crippen LogP contribution in [0.1, 0.15) is 26.2 Å². The summed E-state index contributed by atoms with van der Waals surface area (Å²) in [6, 6.07) is 0. The molecule has 0 aromatic heterocycles. The molecule has 1 fully saturated rings. The maximum absolute atomic E-state index is 9.54. The molecule has 0 amide bonds. The summed E-state index contributed by atoms with van der Waals surface area (Å²) in [5.41, 5.74) is 0. The summed E-state index contributed by atoms with van der Waals surface area (Å²) in [5, 5.41) is 11.3. The Labute approximate surface area is 68.2 Å². The van der Waals surface area contributed by atoms with E-state index >= 15 is 0 Å². The van der Waals surface area contributed by atoms with Crippen molar-refractivity contribution in [2.24, 2.45) is 11.8 Å². The molecule has 0 aliphatic carbocycles. The van der Waals surface area contributed by atoms with Gasteiger partial charge in [0, 0.05) is 13.1 Å². The number of hydrogen-bond donors (Lipinski definition) is 2. The Morgan fingerprint density at radius 2 is 2.36 bits per heavy atom. The van der Waals surface area contributed by atoms with Crippen LogP contribution in [-0.4, -0.2) is 29.3 Å². The van der Waals surface area contributed by atoms with Gasteiger partial charge in [0.15, 0.2) is 0 Å². The lowest BCUT2D eigenvalue weighted by Crippen LogP contribution is -2.46. The Balaban J connectivity index is 2.34. The van der Waals surface area contributed by atoms with E-state index in [0.29, 0.717) is 5.92 Å². The highest BCUT2D eigenvalue weighted by molar-refractivity contribution is 4.76. The van der Waals surface area contributed by atoms with Gasteiger partial charge in [-0.3, -0.25) is 5.84 Å². The Morgan fingerprint density at radius 3 is 3.00 bits per heavy atom. The van der Waals surface area contributed by atoms with Gasteiger partial charge < -0.3 is 5.11 Å². The second-order valence-electron chi connectivity index (χ2n) is 3.40. The minimum absolute atomic E-state index is 0.116. The third-order valence-corrected chi connectivity index (χ3v) is 2.38. The van der Waals surface area contributed by atoms with Crippen molar-refractivity contribution in [2.75, 3.05) is 13.1 Å². The molecule has 3 heteroatoms. The normalized spacial score (nSPS) is 34.1. The van der Waals surface area contributed by atoms with Crippen LogP contribution in [0.5, 0.6) is 0 Å². The molecule has 1 aliphatic heterocycles. The lowest BCUT2D eigenvalue weighted by Gasteiger charge is -2.33. The molecule has 0 unspecified atom stereocenters. The van der Waals surface area contributed by atoms with E-state index in [2.05, 4.69) is 6.92 Å². The smallest absolute Gasteiger partial charge is 0.0593 e. The molecule has 0 saturated carbocycles. The number of aliphatic hydroxyl groups is 1. The zero-order chi connectivity index (χ0) is 8.27. The fraction of sp³-hybridized carbons (Fsp3) is 1.00. The van der Waals surface area contributed by atoms with Crippen LogP contribution < -0.4 is 5.84 Å². The van der Waals surface area contributed by atoms with E-state index in [1.807, 2.05) is 5.01 Å². The van der Waals surface area contributed by atoms with Crippen molar-refractivity contribution in [3.05, 3.63) is 0 Å². The van der Waals surface area contributed by atoms with Crippen LogP contribution in [0.25, 0.3) is 0 Å². The largest absolute Gasteiger partial charge is 0.393 e. The molecule has 0 radical (unpaired) electrons. The van der Waals surface area contributed by atoms with Crippen LogP contribution in [0.2, 0.25) is 0 Å². The van der Waals surface area contributed by atoms with E-state index in [4.69, 9.17) is 5.84 Å². The van der Waals surface area contributed by atoms with Crippen molar-refractivity contribution in [1.82, 2.24) is 5.01 Å². The van der Waals surface area contributed by atoms with Crippen molar-refractivity contribution in [3.63, 3.8) is 0 Å². The van der Waals surface area contributed by atoms with Crippen LogP contribution in [0.4, 0.5) is 0 Å². The molecule has 3 N–H and O–H groups in total. The lowest BCUT2D eigenvalue weighted by molar-refractivity contribution is 0.0225. The topological polar surface area (TPSA) is 49.5 Å². The van der Waals surface area contributed by atoms with Crippen molar-refractivity contribution in [3.8, 4) is 0 Å². The maximum atomic E-state index is 9.54. The summed E-state index contributed by atoms with van der Waals surface area (Å²) in [6.45, 7) is 3.83. The Bertz CT molecular complexity index is 119. The molecule has 2 atom stereocenters. The number of piperidine rings is 1. The summed E-state index contributed by atoms with van der Waals surface area (Å²) in [6.07, 6.45) is 2.95. The first-order valence-corrected chi connectivity index (χ1v) is 4.41. The summed E-state index contributed by atoms with van der Waals surface area (Å²) < 4.78 is 0. The first-order chi connectivity index (χ1) is 5.24. The minimum atomic E-state index is -0.116. The van der Waals surface area contributed by atoms with Gasteiger partial charge in [-0.2, -0.15) is 0 Å². The van der Waals surface area contributed by atoms with Gasteiger partial charge in [-0.05, 0) is 18.8 Å². The van der Waals surface area contributed by atoms with E-state index < -0.39 is 0 Å². The number of aliphatic hydroxyl groups excluding tert-OH is 1. The first kappa shape index (κ1) is 8.97. The Kier molecular flexibility index (Phi) is 3.30. The standard InChI is InChI=1S/C8H18N2O/c1-2-3-7-6-10(9)5-4-8(7)11/h7-8,11H,2-6,9H2,1H3/t7-,8-/m0/s1. The Morgan fingerprint density at radius 1 is 1.64 bits per heavy atom. The molecule has 1 heterocycles. The highest BCUT2D eigenvalue weighted by Gasteiger charge is 2.24. The number of hydrogen-bond acceptors (Lipinski definition) is 3. The van der Waals surface area contributed by atoms with Crippen molar-refractivity contribution >= 4 is 0 Å². The third kappa shape index (κ3) is 2.43. The number of nitrogens with zero attached hydrogens (tertiary/aromatic N) is 1. The quantitative estimate of drug-likeness (QED) is 0.570. The summed E-state index contributed by atoms with van der Waals surface area (Å²) in [7, 11) is 0.